The van der Waals surface area contributed by atoms with Gasteiger partial charge in [0.2, 0.25) is 5.88 Å². The smallest absolute Gasteiger partial charge is 0.259 e. The van der Waals surface area contributed by atoms with Crippen LogP contribution in [-0.2, 0) is 0 Å². The van der Waals surface area contributed by atoms with Gasteiger partial charge in [-0.3, -0.25) is 4.79 Å². The van der Waals surface area contributed by atoms with Crippen molar-refractivity contribution in [3.05, 3.63) is 47.7 Å². The van der Waals surface area contributed by atoms with Crippen LogP contribution in [-0.4, -0.2) is 45.5 Å². The normalized spacial score (nSPS) is 17.3. The Balaban J connectivity index is 1.75. The van der Waals surface area contributed by atoms with Crippen molar-refractivity contribution < 1.29 is 9.53 Å². The lowest BCUT2D eigenvalue weighted by Crippen LogP contribution is -2.29. The fourth-order valence-electron chi connectivity index (χ4n) is 2.80. The molecule has 0 N–H and O–H groups in total. The number of rotatable bonds is 4. The Kier molecular flexibility index (Phi) is 4.50. The lowest BCUT2D eigenvalue weighted by Gasteiger charge is -2.17. The summed E-state index contributed by atoms with van der Waals surface area (Å²) in [7, 11) is 0. The van der Waals surface area contributed by atoms with Gasteiger partial charge in [0, 0.05) is 37.1 Å². The van der Waals surface area contributed by atoms with Crippen LogP contribution in [0.3, 0.4) is 0 Å². The van der Waals surface area contributed by atoms with Crippen molar-refractivity contribution in [2.75, 3.05) is 19.7 Å². The predicted octanol–water partition coefficient (Wildman–Crippen LogP) is 2.21. The van der Waals surface area contributed by atoms with E-state index in [2.05, 4.69) is 15.0 Å². The van der Waals surface area contributed by atoms with E-state index in [1.165, 1.54) is 0 Å². The van der Waals surface area contributed by atoms with E-state index in [4.69, 9.17) is 4.74 Å². The highest BCUT2D eigenvalue weighted by Crippen LogP contribution is 2.27. The third-order valence-electron chi connectivity index (χ3n) is 3.94. The molecular formula is C17H20N4O2. The zero-order valence-corrected chi connectivity index (χ0v) is 13.4. The molecule has 1 atom stereocenters. The Morgan fingerprint density at radius 1 is 1.35 bits per heavy atom. The quantitative estimate of drug-likeness (QED) is 0.866. The van der Waals surface area contributed by atoms with Crippen molar-refractivity contribution in [1.82, 2.24) is 19.9 Å². The summed E-state index contributed by atoms with van der Waals surface area (Å²) >= 11 is 0. The topological polar surface area (TPSA) is 68.2 Å². The monoisotopic (exact) mass is 312 g/mol. The van der Waals surface area contributed by atoms with Crippen molar-refractivity contribution in [3.8, 4) is 5.88 Å². The van der Waals surface area contributed by atoms with E-state index >= 15 is 0 Å². The summed E-state index contributed by atoms with van der Waals surface area (Å²) in [5, 5.41) is 0. The summed E-state index contributed by atoms with van der Waals surface area (Å²) in [6.45, 7) is 5.64. The van der Waals surface area contributed by atoms with Crippen molar-refractivity contribution in [2.24, 2.45) is 0 Å². The van der Waals surface area contributed by atoms with Crippen molar-refractivity contribution in [3.63, 3.8) is 0 Å². The molecule has 0 saturated carbocycles. The second-order valence-electron chi connectivity index (χ2n) is 5.58. The van der Waals surface area contributed by atoms with Crippen LogP contribution in [0.1, 0.15) is 41.1 Å². The second-order valence-corrected chi connectivity index (χ2v) is 5.58. The first kappa shape index (κ1) is 15.4. The number of hydrogen-bond donors (Lipinski definition) is 0. The summed E-state index contributed by atoms with van der Waals surface area (Å²) in [5.41, 5.74) is 1.46. The van der Waals surface area contributed by atoms with Crippen LogP contribution in [0.15, 0.2) is 30.6 Å². The van der Waals surface area contributed by atoms with Gasteiger partial charge in [0.05, 0.1) is 6.61 Å². The van der Waals surface area contributed by atoms with E-state index in [0.29, 0.717) is 31.1 Å². The summed E-state index contributed by atoms with van der Waals surface area (Å²) in [6.07, 6.45) is 4.28. The van der Waals surface area contributed by atoms with Crippen LogP contribution < -0.4 is 4.74 Å². The fourth-order valence-corrected chi connectivity index (χ4v) is 2.80. The van der Waals surface area contributed by atoms with Crippen molar-refractivity contribution in [1.29, 1.82) is 0 Å². The van der Waals surface area contributed by atoms with E-state index in [1.807, 2.05) is 24.8 Å². The van der Waals surface area contributed by atoms with Gasteiger partial charge in [0.15, 0.2) is 0 Å². The lowest BCUT2D eigenvalue weighted by molar-refractivity contribution is 0.0785. The molecule has 1 aliphatic heterocycles. The largest absolute Gasteiger partial charge is 0.477 e. The molecule has 0 radical (unpaired) electrons. The molecular weight excluding hydrogens is 292 g/mol. The molecule has 3 heterocycles. The van der Waals surface area contributed by atoms with Crippen LogP contribution in [0.4, 0.5) is 0 Å². The number of amides is 1. The van der Waals surface area contributed by atoms with E-state index in [1.54, 1.807) is 24.5 Å². The van der Waals surface area contributed by atoms with E-state index in [9.17, 15) is 4.79 Å². The summed E-state index contributed by atoms with van der Waals surface area (Å²) < 4.78 is 5.46. The van der Waals surface area contributed by atoms with Gasteiger partial charge in [-0.2, -0.15) is 0 Å². The molecule has 0 aliphatic carbocycles. The molecule has 1 saturated heterocycles. The minimum atomic E-state index is -0.0447. The first-order chi connectivity index (χ1) is 11.2. The number of aryl methyl sites for hydroxylation is 1. The molecule has 2 aromatic rings. The second kappa shape index (κ2) is 6.73. The molecule has 2 aromatic heterocycles. The fraction of sp³-hybridized carbons (Fsp3) is 0.412. The van der Waals surface area contributed by atoms with Crippen LogP contribution >= 0.6 is 0 Å². The van der Waals surface area contributed by atoms with Crippen molar-refractivity contribution in [2.45, 2.75) is 26.2 Å². The van der Waals surface area contributed by atoms with Gasteiger partial charge in [0.1, 0.15) is 11.4 Å². The molecule has 3 rings (SSSR count). The van der Waals surface area contributed by atoms with E-state index in [0.717, 1.165) is 17.9 Å². The maximum Gasteiger partial charge on any atom is 0.259 e. The average Bonchev–Trinajstić information content (AvgIpc) is 3.05. The lowest BCUT2D eigenvalue weighted by atomic mass is 10.1. The number of aromatic nitrogens is 3. The highest BCUT2D eigenvalue weighted by Gasteiger charge is 2.31. The highest BCUT2D eigenvalue weighted by atomic mass is 16.5. The number of ether oxygens (including phenoxy) is 1. The molecule has 6 heteroatoms. The maximum atomic E-state index is 12.8. The van der Waals surface area contributed by atoms with Gasteiger partial charge in [-0.15, -0.1) is 0 Å². The number of hydrogen-bond acceptors (Lipinski definition) is 5. The Labute approximate surface area is 135 Å². The third kappa shape index (κ3) is 3.31. The van der Waals surface area contributed by atoms with Crippen molar-refractivity contribution >= 4 is 5.91 Å². The summed E-state index contributed by atoms with van der Waals surface area (Å²) in [6, 6.07) is 5.40. The van der Waals surface area contributed by atoms with Gasteiger partial charge in [-0.1, -0.05) is 0 Å². The Bertz CT molecular complexity index is 704. The first-order valence-corrected chi connectivity index (χ1v) is 7.85. The SMILES string of the molecule is CCOc1ncccc1C(=O)N1CCC(c2nccc(C)n2)C1. The minimum Gasteiger partial charge on any atom is -0.477 e. The molecule has 0 aromatic carbocycles. The molecule has 1 aliphatic rings. The van der Waals surface area contributed by atoms with Gasteiger partial charge in [-0.05, 0) is 38.5 Å². The number of nitrogens with zero attached hydrogens (tertiary/aromatic N) is 4. The number of carbonyl (C=O) groups is 1. The van der Waals surface area contributed by atoms with Crippen LogP contribution in [0, 0.1) is 6.92 Å². The molecule has 23 heavy (non-hydrogen) atoms. The van der Waals surface area contributed by atoms with Crippen LogP contribution in [0.5, 0.6) is 5.88 Å². The highest BCUT2D eigenvalue weighted by molar-refractivity contribution is 5.96. The third-order valence-corrected chi connectivity index (χ3v) is 3.94. The Morgan fingerprint density at radius 2 is 2.22 bits per heavy atom. The summed E-state index contributed by atoms with van der Waals surface area (Å²) in [5.74, 6) is 1.36. The minimum absolute atomic E-state index is 0.0447. The molecule has 1 fully saturated rings. The van der Waals surface area contributed by atoms with Crippen LogP contribution in [0.25, 0.3) is 0 Å². The first-order valence-electron chi connectivity index (χ1n) is 7.85. The molecule has 120 valence electrons. The Hall–Kier alpha value is -2.50. The van der Waals surface area contributed by atoms with Crippen LogP contribution in [0.2, 0.25) is 0 Å². The molecule has 6 nitrogen and oxygen atoms in total. The Morgan fingerprint density at radius 3 is 3.00 bits per heavy atom. The van der Waals surface area contributed by atoms with Gasteiger partial charge >= 0.3 is 0 Å². The molecule has 0 spiro atoms. The van der Waals surface area contributed by atoms with E-state index in [-0.39, 0.29) is 11.8 Å². The summed E-state index contributed by atoms with van der Waals surface area (Å²) in [4.78, 5) is 27.6. The zero-order chi connectivity index (χ0) is 16.2. The average molecular weight is 312 g/mol. The number of carbonyl (C=O) groups excluding carboxylic acids is 1. The predicted molar refractivity (Wildman–Crippen MR) is 85.4 cm³/mol. The molecule has 1 unspecified atom stereocenters. The maximum absolute atomic E-state index is 12.8. The van der Waals surface area contributed by atoms with Gasteiger partial charge < -0.3 is 9.64 Å². The van der Waals surface area contributed by atoms with Gasteiger partial charge in [-0.25, -0.2) is 15.0 Å². The zero-order valence-electron chi connectivity index (χ0n) is 13.4. The number of pyridine rings is 1. The van der Waals surface area contributed by atoms with E-state index < -0.39 is 0 Å². The standard InChI is InChI=1S/C17H20N4O2/c1-3-23-16-14(5-4-8-19-16)17(22)21-10-7-13(11-21)15-18-9-6-12(2)20-15/h4-6,8-9,13H,3,7,10-11H2,1-2H3. The molecule has 1 amide bonds. The molecule has 0 bridgehead atoms. The number of likely N-dealkylation sites (tertiary alicyclic amines) is 1. The van der Waals surface area contributed by atoms with Gasteiger partial charge in [0.25, 0.3) is 5.91 Å².